The minimum atomic E-state index is -0.722. The van der Waals surface area contributed by atoms with E-state index in [0.717, 1.165) is 6.07 Å². The summed E-state index contributed by atoms with van der Waals surface area (Å²) in [6, 6.07) is 6.73. The Morgan fingerprint density at radius 3 is 2.91 bits per heavy atom. The minimum Gasteiger partial charge on any atom is -0.502 e. The first kappa shape index (κ1) is 15.4. The molecule has 22 heavy (non-hydrogen) atoms. The Labute approximate surface area is 129 Å². The number of nitro groups is 1. The number of halogens is 1. The molecule has 0 bridgehead atoms. The van der Waals surface area contributed by atoms with Gasteiger partial charge in [0.05, 0.1) is 16.7 Å². The summed E-state index contributed by atoms with van der Waals surface area (Å²) in [5, 5.41) is 23.7. The monoisotopic (exact) mass is 320 g/mol. The number of hydrogen-bond donors (Lipinski definition) is 2. The van der Waals surface area contributed by atoms with Crippen molar-refractivity contribution in [2.75, 3.05) is 0 Å². The van der Waals surface area contributed by atoms with Crippen LogP contribution in [0.25, 0.3) is 0 Å². The lowest BCUT2D eigenvalue weighted by Gasteiger charge is -2.01. The second-order valence-corrected chi connectivity index (χ2v) is 4.40. The number of aromatic hydroxyl groups is 1. The van der Waals surface area contributed by atoms with Gasteiger partial charge in [0.2, 0.25) is 0 Å². The third-order valence-corrected chi connectivity index (χ3v) is 2.88. The van der Waals surface area contributed by atoms with Crippen LogP contribution in [0.2, 0.25) is 5.15 Å². The van der Waals surface area contributed by atoms with E-state index in [1.165, 1.54) is 30.6 Å². The number of nitro benzene ring substituents is 1. The highest BCUT2D eigenvalue weighted by molar-refractivity contribution is 6.32. The first-order valence-corrected chi connectivity index (χ1v) is 6.28. The summed E-state index contributed by atoms with van der Waals surface area (Å²) in [4.78, 5) is 25.5. The fraction of sp³-hybridized carbons (Fsp3) is 0. The zero-order chi connectivity index (χ0) is 16.1. The van der Waals surface area contributed by atoms with E-state index in [1.807, 2.05) is 0 Å². The van der Waals surface area contributed by atoms with Crippen molar-refractivity contribution in [3.8, 4) is 5.75 Å². The third-order valence-electron chi connectivity index (χ3n) is 2.58. The Morgan fingerprint density at radius 1 is 1.45 bits per heavy atom. The highest BCUT2D eigenvalue weighted by atomic mass is 35.5. The molecule has 1 aromatic heterocycles. The van der Waals surface area contributed by atoms with Crippen molar-refractivity contribution < 1.29 is 14.8 Å². The number of carbonyl (C=O) groups excluding carboxylic acids is 1. The van der Waals surface area contributed by atoms with Gasteiger partial charge in [-0.15, -0.1) is 0 Å². The van der Waals surface area contributed by atoms with Crippen LogP contribution in [0.4, 0.5) is 5.69 Å². The summed E-state index contributed by atoms with van der Waals surface area (Å²) in [5.41, 5.74) is 2.26. The van der Waals surface area contributed by atoms with Crippen LogP contribution >= 0.6 is 11.6 Å². The van der Waals surface area contributed by atoms with Gasteiger partial charge in [-0.2, -0.15) is 5.10 Å². The van der Waals surface area contributed by atoms with Gasteiger partial charge in [0, 0.05) is 17.8 Å². The van der Waals surface area contributed by atoms with Gasteiger partial charge >= 0.3 is 5.69 Å². The predicted octanol–water partition coefficient (Wildman–Crippen LogP) is 2.11. The molecule has 0 aliphatic rings. The number of nitrogens with zero attached hydrogens (tertiary/aromatic N) is 3. The van der Waals surface area contributed by atoms with Gasteiger partial charge in [-0.05, 0) is 24.3 Å². The molecule has 1 aromatic carbocycles. The van der Waals surface area contributed by atoms with E-state index >= 15 is 0 Å². The second-order valence-electron chi connectivity index (χ2n) is 4.05. The van der Waals surface area contributed by atoms with Crippen LogP contribution in [0.3, 0.4) is 0 Å². The molecule has 2 aromatic rings. The van der Waals surface area contributed by atoms with Gasteiger partial charge in [0.15, 0.2) is 5.75 Å². The number of benzene rings is 1. The molecule has 0 unspecified atom stereocenters. The average molecular weight is 321 g/mol. The van der Waals surface area contributed by atoms with E-state index in [0.29, 0.717) is 5.56 Å². The third kappa shape index (κ3) is 3.55. The normalized spacial score (nSPS) is 10.6. The average Bonchev–Trinajstić information content (AvgIpc) is 2.49. The van der Waals surface area contributed by atoms with Crippen LogP contribution in [0.1, 0.15) is 15.9 Å². The maximum Gasteiger partial charge on any atom is 0.311 e. The van der Waals surface area contributed by atoms with Gasteiger partial charge < -0.3 is 5.11 Å². The quantitative estimate of drug-likeness (QED) is 0.387. The highest BCUT2D eigenvalue weighted by Crippen LogP contribution is 2.25. The van der Waals surface area contributed by atoms with Crippen LogP contribution in [-0.4, -0.2) is 27.1 Å². The van der Waals surface area contributed by atoms with Crippen LogP contribution in [0.15, 0.2) is 41.6 Å². The van der Waals surface area contributed by atoms with E-state index in [4.69, 9.17) is 11.6 Å². The lowest BCUT2D eigenvalue weighted by Crippen LogP contribution is -2.18. The van der Waals surface area contributed by atoms with Crippen molar-refractivity contribution in [1.29, 1.82) is 0 Å². The van der Waals surface area contributed by atoms with Crippen LogP contribution < -0.4 is 5.43 Å². The molecule has 0 spiro atoms. The van der Waals surface area contributed by atoms with Crippen LogP contribution in [-0.2, 0) is 0 Å². The number of amides is 1. The number of pyridine rings is 1. The van der Waals surface area contributed by atoms with Gasteiger partial charge in [0.25, 0.3) is 5.91 Å². The Balaban J connectivity index is 2.10. The maximum atomic E-state index is 11.8. The molecule has 8 nitrogen and oxygen atoms in total. The molecular formula is C13H9ClN4O4. The molecule has 0 radical (unpaired) electrons. The predicted molar refractivity (Wildman–Crippen MR) is 79.1 cm³/mol. The number of hydrogen-bond acceptors (Lipinski definition) is 6. The summed E-state index contributed by atoms with van der Waals surface area (Å²) in [6.45, 7) is 0. The molecule has 1 amide bonds. The summed E-state index contributed by atoms with van der Waals surface area (Å²) >= 11 is 5.76. The van der Waals surface area contributed by atoms with Gasteiger partial charge in [-0.1, -0.05) is 11.6 Å². The molecule has 9 heteroatoms. The van der Waals surface area contributed by atoms with E-state index < -0.39 is 22.3 Å². The number of carbonyl (C=O) groups is 1. The molecule has 0 saturated heterocycles. The number of nitrogens with one attached hydrogen (secondary N) is 1. The van der Waals surface area contributed by atoms with Gasteiger partial charge in [-0.3, -0.25) is 14.9 Å². The van der Waals surface area contributed by atoms with Gasteiger partial charge in [-0.25, -0.2) is 10.4 Å². The molecule has 0 atom stereocenters. The second kappa shape index (κ2) is 6.64. The smallest absolute Gasteiger partial charge is 0.311 e. The van der Waals surface area contributed by atoms with Crippen molar-refractivity contribution >= 4 is 29.4 Å². The Kier molecular flexibility index (Phi) is 4.64. The van der Waals surface area contributed by atoms with E-state index in [9.17, 15) is 20.0 Å². The SMILES string of the molecule is O=C(NN=Cc1ccc(O)c([N+](=O)[O-])c1)c1cccnc1Cl. The zero-order valence-electron chi connectivity index (χ0n) is 10.9. The number of rotatable bonds is 4. The Morgan fingerprint density at radius 2 is 2.23 bits per heavy atom. The van der Waals surface area contributed by atoms with Crippen LogP contribution in [0.5, 0.6) is 5.75 Å². The van der Waals surface area contributed by atoms with Gasteiger partial charge in [0.1, 0.15) is 5.15 Å². The Hall–Kier alpha value is -3.00. The number of hydrazone groups is 1. The van der Waals surface area contributed by atoms with Crippen LogP contribution in [0, 0.1) is 10.1 Å². The standard InChI is InChI=1S/C13H9ClN4O4/c14-12-9(2-1-5-15-12)13(20)17-16-7-8-3-4-11(19)10(6-8)18(21)22/h1-7,19H,(H,17,20). The number of phenolic OH excluding ortho intramolecular Hbond substituents is 1. The number of phenols is 1. The molecular weight excluding hydrogens is 312 g/mol. The fourth-order valence-corrected chi connectivity index (χ4v) is 1.75. The molecule has 2 N–H and O–H groups in total. The molecule has 0 fully saturated rings. The summed E-state index contributed by atoms with van der Waals surface area (Å²) in [6.07, 6.45) is 2.65. The van der Waals surface area contributed by atoms with Crippen molar-refractivity contribution in [3.05, 3.63) is 62.9 Å². The number of aromatic nitrogens is 1. The first-order chi connectivity index (χ1) is 10.5. The molecule has 0 aliphatic carbocycles. The Bertz CT molecular complexity index is 763. The first-order valence-electron chi connectivity index (χ1n) is 5.90. The van der Waals surface area contributed by atoms with E-state index in [-0.39, 0.29) is 10.7 Å². The van der Waals surface area contributed by atoms with Crippen molar-refractivity contribution in [3.63, 3.8) is 0 Å². The molecule has 0 saturated carbocycles. The molecule has 2 rings (SSSR count). The van der Waals surface area contributed by atoms with E-state index in [2.05, 4.69) is 15.5 Å². The summed E-state index contributed by atoms with van der Waals surface area (Å²) in [5.74, 6) is -1.02. The zero-order valence-corrected chi connectivity index (χ0v) is 11.7. The lowest BCUT2D eigenvalue weighted by atomic mass is 10.2. The summed E-state index contributed by atoms with van der Waals surface area (Å²) < 4.78 is 0. The topological polar surface area (TPSA) is 118 Å². The van der Waals surface area contributed by atoms with Crippen molar-refractivity contribution in [2.45, 2.75) is 0 Å². The summed E-state index contributed by atoms with van der Waals surface area (Å²) in [7, 11) is 0. The largest absolute Gasteiger partial charge is 0.502 e. The maximum absolute atomic E-state index is 11.8. The van der Waals surface area contributed by atoms with E-state index in [1.54, 1.807) is 6.07 Å². The molecule has 112 valence electrons. The fourth-order valence-electron chi connectivity index (χ4n) is 1.55. The molecule has 1 heterocycles. The van der Waals surface area contributed by atoms with Crippen molar-refractivity contribution in [1.82, 2.24) is 10.4 Å². The minimum absolute atomic E-state index is 0.0375. The lowest BCUT2D eigenvalue weighted by molar-refractivity contribution is -0.385. The highest BCUT2D eigenvalue weighted by Gasteiger charge is 2.13. The molecule has 0 aliphatic heterocycles. The van der Waals surface area contributed by atoms with Crippen molar-refractivity contribution in [2.24, 2.45) is 5.10 Å².